The molecule has 2 aromatic rings. The number of hydrogen-bond donors (Lipinski definition) is 2. The molecule has 2 N–H and O–H groups in total. The number of nitrogens with zero attached hydrogens (tertiary/aromatic N) is 1. The van der Waals surface area contributed by atoms with E-state index in [9.17, 15) is 19.1 Å². The minimum atomic E-state index is -1.07. The van der Waals surface area contributed by atoms with Gasteiger partial charge in [0.15, 0.2) is 0 Å². The summed E-state index contributed by atoms with van der Waals surface area (Å²) in [5.74, 6) is -1.17. The maximum atomic E-state index is 12.9. The minimum absolute atomic E-state index is 0.0499. The Morgan fingerprint density at radius 1 is 1.32 bits per heavy atom. The molecule has 8 heteroatoms. The molecule has 25 heavy (non-hydrogen) atoms. The van der Waals surface area contributed by atoms with Gasteiger partial charge in [-0.25, -0.2) is 4.39 Å². The number of aromatic nitrogens is 1. The van der Waals surface area contributed by atoms with E-state index < -0.39 is 17.7 Å². The molecule has 0 saturated carbocycles. The number of carbonyl (C=O) groups excluding carboxylic acids is 1. The van der Waals surface area contributed by atoms with Crippen molar-refractivity contribution in [3.05, 3.63) is 52.7 Å². The maximum Gasteiger partial charge on any atom is 0.312 e. The van der Waals surface area contributed by atoms with Crippen LogP contribution in [0, 0.1) is 19.7 Å². The number of halogens is 1. The van der Waals surface area contributed by atoms with Crippen molar-refractivity contribution in [3.63, 3.8) is 0 Å². The zero-order valence-electron chi connectivity index (χ0n) is 13.9. The largest absolute Gasteiger partial charge is 0.481 e. The Balaban J connectivity index is 1.83. The molecule has 134 valence electrons. The van der Waals surface area contributed by atoms with Gasteiger partial charge < -0.3 is 14.9 Å². The zero-order valence-corrected chi connectivity index (χ0v) is 14.7. The number of aryl methyl sites for hydroxylation is 2. The van der Waals surface area contributed by atoms with Crippen LogP contribution in [0.2, 0.25) is 0 Å². The fraction of sp³-hybridized carbons (Fsp3) is 0.353. The lowest BCUT2D eigenvalue weighted by Gasteiger charge is -2.14. The Hall–Kier alpha value is -2.35. The molecule has 0 bridgehead atoms. The molecule has 0 saturated heterocycles. The molecule has 0 aliphatic rings. The highest BCUT2D eigenvalue weighted by atomic mass is 32.2. The molecule has 1 heterocycles. The van der Waals surface area contributed by atoms with Gasteiger partial charge in [0, 0.05) is 17.9 Å². The SMILES string of the molecule is Cc1noc(C)c1CSCC(=O)NCC(C(=O)O)c1ccc(F)cc1. The topological polar surface area (TPSA) is 92.4 Å². The van der Waals surface area contributed by atoms with Crippen molar-refractivity contribution in [1.82, 2.24) is 10.5 Å². The standard InChI is InChI=1S/C17H19FN2O4S/c1-10-15(11(2)24-20-10)8-25-9-16(21)19-7-14(17(22)23)12-3-5-13(18)6-4-12/h3-6,14H,7-9H2,1-2H3,(H,19,21)(H,22,23). The Labute approximate surface area is 148 Å². The Morgan fingerprint density at radius 3 is 2.56 bits per heavy atom. The third-order valence-corrected chi connectivity index (χ3v) is 4.69. The third-order valence-electron chi connectivity index (χ3n) is 3.73. The summed E-state index contributed by atoms with van der Waals surface area (Å²) in [5, 5.41) is 15.8. The maximum absolute atomic E-state index is 12.9. The molecule has 6 nitrogen and oxygen atoms in total. The van der Waals surface area contributed by atoms with Crippen molar-refractivity contribution in [2.75, 3.05) is 12.3 Å². The van der Waals surface area contributed by atoms with Crippen molar-refractivity contribution in [3.8, 4) is 0 Å². The van der Waals surface area contributed by atoms with Crippen molar-refractivity contribution in [2.24, 2.45) is 0 Å². The van der Waals surface area contributed by atoms with Crippen LogP contribution in [0.3, 0.4) is 0 Å². The van der Waals surface area contributed by atoms with Crippen LogP contribution in [0.4, 0.5) is 4.39 Å². The summed E-state index contributed by atoms with van der Waals surface area (Å²) in [5.41, 5.74) is 2.21. The molecule has 0 fully saturated rings. The average Bonchev–Trinajstić information content (AvgIpc) is 2.88. The van der Waals surface area contributed by atoms with Gasteiger partial charge in [0.25, 0.3) is 0 Å². The van der Waals surface area contributed by atoms with Crippen molar-refractivity contribution < 1.29 is 23.6 Å². The van der Waals surface area contributed by atoms with Gasteiger partial charge in [-0.1, -0.05) is 17.3 Å². The zero-order chi connectivity index (χ0) is 18.4. The molecule has 1 unspecified atom stereocenters. The molecule has 0 aliphatic carbocycles. The number of hydrogen-bond acceptors (Lipinski definition) is 5. The van der Waals surface area contributed by atoms with Gasteiger partial charge in [0.1, 0.15) is 11.6 Å². The second-order valence-electron chi connectivity index (χ2n) is 5.54. The number of carbonyl (C=O) groups is 2. The molecule has 0 aliphatic heterocycles. The number of nitrogens with one attached hydrogen (secondary N) is 1. The van der Waals surface area contributed by atoms with Crippen LogP contribution >= 0.6 is 11.8 Å². The number of benzene rings is 1. The first-order valence-corrected chi connectivity index (χ1v) is 8.78. The average molecular weight is 366 g/mol. The second kappa shape index (κ2) is 8.66. The molecule has 1 aromatic heterocycles. The number of carboxylic acid groups (broad SMARTS) is 1. The molecular formula is C17H19FN2O4S. The highest BCUT2D eigenvalue weighted by Gasteiger charge is 2.20. The lowest BCUT2D eigenvalue weighted by atomic mass is 9.99. The second-order valence-corrected chi connectivity index (χ2v) is 6.53. The van der Waals surface area contributed by atoms with Gasteiger partial charge in [-0.15, -0.1) is 11.8 Å². The van der Waals surface area contributed by atoms with E-state index in [-0.39, 0.29) is 18.2 Å². The Kier molecular flexibility index (Phi) is 6.58. The van der Waals surface area contributed by atoms with Gasteiger partial charge in [0.2, 0.25) is 5.91 Å². The molecular weight excluding hydrogens is 347 g/mol. The lowest BCUT2D eigenvalue weighted by Crippen LogP contribution is -2.32. The van der Waals surface area contributed by atoms with E-state index in [0.717, 1.165) is 17.0 Å². The van der Waals surface area contributed by atoms with Crippen molar-refractivity contribution in [2.45, 2.75) is 25.5 Å². The van der Waals surface area contributed by atoms with Gasteiger partial charge in [-0.05, 0) is 31.5 Å². The molecule has 0 spiro atoms. The highest BCUT2D eigenvalue weighted by molar-refractivity contribution is 7.99. The van der Waals surface area contributed by atoms with E-state index >= 15 is 0 Å². The fourth-order valence-corrected chi connectivity index (χ4v) is 3.27. The summed E-state index contributed by atoms with van der Waals surface area (Å²) >= 11 is 1.40. The van der Waals surface area contributed by atoms with Crippen LogP contribution in [0.15, 0.2) is 28.8 Å². The molecule has 1 amide bonds. The number of aliphatic carboxylic acids is 1. The summed E-state index contributed by atoms with van der Waals surface area (Å²) in [4.78, 5) is 23.3. The van der Waals surface area contributed by atoms with Crippen LogP contribution in [0.5, 0.6) is 0 Å². The van der Waals surface area contributed by atoms with E-state index in [2.05, 4.69) is 10.5 Å². The van der Waals surface area contributed by atoms with Gasteiger partial charge in [-0.3, -0.25) is 9.59 Å². The predicted octanol–water partition coefficient (Wildman–Crippen LogP) is 2.65. The first-order chi connectivity index (χ1) is 11.9. The third kappa shape index (κ3) is 5.32. The van der Waals surface area contributed by atoms with Crippen molar-refractivity contribution in [1.29, 1.82) is 0 Å². The first-order valence-electron chi connectivity index (χ1n) is 7.63. The summed E-state index contributed by atoms with van der Waals surface area (Å²) < 4.78 is 18.0. The lowest BCUT2D eigenvalue weighted by molar-refractivity contribution is -0.138. The summed E-state index contributed by atoms with van der Waals surface area (Å²) in [6.07, 6.45) is 0. The van der Waals surface area contributed by atoms with Gasteiger partial charge >= 0.3 is 5.97 Å². The van der Waals surface area contributed by atoms with Crippen LogP contribution < -0.4 is 5.32 Å². The summed E-state index contributed by atoms with van der Waals surface area (Å²) in [6.45, 7) is 3.61. The van der Waals surface area contributed by atoms with Crippen LogP contribution in [-0.4, -0.2) is 34.4 Å². The molecule has 1 aromatic carbocycles. The van der Waals surface area contributed by atoms with Crippen LogP contribution in [0.25, 0.3) is 0 Å². The summed E-state index contributed by atoms with van der Waals surface area (Å²) in [7, 11) is 0. The molecule has 0 radical (unpaired) electrons. The molecule has 1 atom stereocenters. The Morgan fingerprint density at radius 2 is 2.00 bits per heavy atom. The first kappa shape index (κ1) is 19.0. The van der Waals surface area contributed by atoms with Crippen LogP contribution in [0.1, 0.15) is 28.5 Å². The highest BCUT2D eigenvalue weighted by Crippen LogP contribution is 2.19. The fourth-order valence-electron chi connectivity index (χ4n) is 2.26. The number of thioether (sulfide) groups is 1. The van der Waals surface area contributed by atoms with E-state index in [1.54, 1.807) is 0 Å². The normalized spacial score (nSPS) is 12.0. The number of carboxylic acids is 1. The van der Waals surface area contributed by atoms with Crippen molar-refractivity contribution >= 4 is 23.6 Å². The van der Waals surface area contributed by atoms with Gasteiger partial charge in [-0.2, -0.15) is 0 Å². The van der Waals surface area contributed by atoms with E-state index in [4.69, 9.17) is 4.52 Å². The number of rotatable bonds is 8. The van der Waals surface area contributed by atoms with Crippen LogP contribution in [-0.2, 0) is 15.3 Å². The summed E-state index contributed by atoms with van der Waals surface area (Å²) in [6, 6.07) is 5.22. The predicted molar refractivity (Wildman–Crippen MR) is 91.9 cm³/mol. The van der Waals surface area contributed by atoms with E-state index in [0.29, 0.717) is 11.3 Å². The molecule has 2 rings (SSSR count). The number of amides is 1. The monoisotopic (exact) mass is 366 g/mol. The van der Waals surface area contributed by atoms with Gasteiger partial charge in [0.05, 0.1) is 17.4 Å². The van der Waals surface area contributed by atoms with E-state index in [1.165, 1.54) is 36.0 Å². The van der Waals surface area contributed by atoms with E-state index in [1.807, 2.05) is 13.8 Å². The Bertz CT molecular complexity index is 726. The quantitative estimate of drug-likeness (QED) is 0.746. The smallest absolute Gasteiger partial charge is 0.312 e. The minimum Gasteiger partial charge on any atom is -0.481 e.